The number of pyridine rings is 1. The van der Waals surface area contributed by atoms with E-state index in [1.54, 1.807) is 37.3 Å². The minimum atomic E-state index is -1.67. The van der Waals surface area contributed by atoms with Gasteiger partial charge >= 0.3 is 0 Å². The minimum absolute atomic E-state index is 0.232. The van der Waals surface area contributed by atoms with Crippen LogP contribution in [0.15, 0.2) is 55.4 Å². The lowest BCUT2D eigenvalue weighted by Crippen LogP contribution is -2.53. The molecule has 3 heterocycles. The van der Waals surface area contributed by atoms with Crippen LogP contribution in [0, 0.1) is 6.92 Å². The van der Waals surface area contributed by atoms with Gasteiger partial charge in [0.1, 0.15) is 5.54 Å². The average molecular weight is 599 g/mol. The van der Waals surface area contributed by atoms with Crippen molar-refractivity contribution < 1.29 is 19.1 Å². The molecule has 4 atom stereocenters. The molecule has 2 aliphatic carbocycles. The monoisotopic (exact) mass is 598 g/mol. The molecule has 0 bridgehead atoms. The number of nitrogens with one attached hydrogen (secondary N) is 2. The SMILES string of the molecule is C=CC(=O)N[C@H]1CCC[C@H]1NC(=O)c1sc2c(N)ccc3c2c1C(N)C(=O)C3(N)c1cnc(Oc2cccnn2)cc1C. The quantitative estimate of drug-likeness (QED) is 0.155. The van der Waals surface area contributed by atoms with Crippen molar-refractivity contribution in [3.8, 4) is 11.8 Å². The summed E-state index contributed by atoms with van der Waals surface area (Å²) in [5.41, 5.74) is 20.8. The van der Waals surface area contributed by atoms with Gasteiger partial charge in [-0.05, 0) is 55.5 Å². The van der Waals surface area contributed by atoms with Gasteiger partial charge in [0.15, 0.2) is 5.78 Å². The molecule has 2 aliphatic rings. The van der Waals surface area contributed by atoms with Crippen LogP contribution in [0.1, 0.15) is 57.2 Å². The Kier molecular flexibility index (Phi) is 7.16. The van der Waals surface area contributed by atoms with Crippen molar-refractivity contribution >= 4 is 44.7 Å². The van der Waals surface area contributed by atoms with Crippen LogP contribution in [0.4, 0.5) is 5.69 Å². The van der Waals surface area contributed by atoms with Gasteiger partial charge in [0.2, 0.25) is 17.7 Å². The first-order chi connectivity index (χ1) is 20.6. The molecule has 3 aromatic heterocycles. The van der Waals surface area contributed by atoms with E-state index in [2.05, 4.69) is 32.4 Å². The first-order valence-electron chi connectivity index (χ1n) is 13.7. The van der Waals surface area contributed by atoms with Crippen LogP contribution < -0.4 is 32.6 Å². The van der Waals surface area contributed by atoms with E-state index >= 15 is 0 Å². The topological polar surface area (TPSA) is 201 Å². The second-order valence-electron chi connectivity index (χ2n) is 10.7. The number of aromatic nitrogens is 3. The summed E-state index contributed by atoms with van der Waals surface area (Å²) in [5.74, 6) is -0.651. The number of Topliss-reactive ketones (excluding diaryl/α,β-unsaturated/α-hetero) is 1. The highest BCUT2D eigenvalue weighted by Crippen LogP contribution is 2.50. The molecule has 0 saturated heterocycles. The third-order valence-corrected chi connectivity index (χ3v) is 9.39. The maximum atomic E-state index is 14.1. The number of hydrogen-bond acceptors (Lipinski definition) is 11. The van der Waals surface area contributed by atoms with Crippen molar-refractivity contribution in [1.82, 2.24) is 25.8 Å². The van der Waals surface area contributed by atoms with Gasteiger partial charge in [0, 0.05) is 58.8 Å². The zero-order valence-electron chi connectivity index (χ0n) is 23.3. The van der Waals surface area contributed by atoms with Gasteiger partial charge in [-0.25, -0.2) is 4.98 Å². The Balaban J connectivity index is 1.40. The standard InChI is InChI=1S/C30H30N8O4S/c1-3-20(39)36-18-6-4-7-19(18)37-29(41)27-24-23-15(9-10-17(31)26(23)43-27)30(33,28(40)25(24)32)16-13-34-22(12-14(16)2)42-21-8-5-11-35-38-21/h3,5,8-13,18-19,25H,1,4,6-7,31-33H2,2H3,(H,36,39)(H,37,41)/t18-,19+,25?,30?/m0/s1. The largest absolute Gasteiger partial charge is 0.419 e. The number of aryl methyl sites for hydroxylation is 1. The highest BCUT2D eigenvalue weighted by Gasteiger charge is 2.49. The van der Waals surface area contributed by atoms with E-state index in [0.29, 0.717) is 49.3 Å². The summed E-state index contributed by atoms with van der Waals surface area (Å²) < 4.78 is 6.33. The molecule has 6 rings (SSSR count). The normalized spacial score (nSPS) is 22.8. The number of nitrogen functional groups attached to an aromatic ring is 1. The molecule has 220 valence electrons. The average Bonchev–Trinajstić information content (AvgIpc) is 3.61. The molecule has 0 radical (unpaired) electrons. The van der Waals surface area contributed by atoms with Gasteiger partial charge in [-0.15, -0.1) is 16.4 Å². The Morgan fingerprint density at radius 1 is 1.16 bits per heavy atom. The van der Waals surface area contributed by atoms with Crippen molar-refractivity contribution in [2.75, 3.05) is 5.73 Å². The molecule has 0 aliphatic heterocycles. The number of carbonyl (C=O) groups excluding carboxylic acids is 3. The molecule has 13 heteroatoms. The van der Waals surface area contributed by atoms with Crippen LogP contribution in [0.5, 0.6) is 11.8 Å². The molecule has 1 fully saturated rings. The van der Waals surface area contributed by atoms with Gasteiger partial charge in [-0.1, -0.05) is 12.6 Å². The van der Waals surface area contributed by atoms with Crippen LogP contribution in [0.2, 0.25) is 0 Å². The summed E-state index contributed by atoms with van der Waals surface area (Å²) in [5, 5.41) is 14.2. The fourth-order valence-corrected chi connectivity index (χ4v) is 7.26. The first-order valence-corrected chi connectivity index (χ1v) is 14.6. The summed E-state index contributed by atoms with van der Waals surface area (Å²) in [6.07, 6.45) is 6.49. The van der Waals surface area contributed by atoms with Gasteiger partial charge in [-0.2, -0.15) is 5.10 Å². The first kappa shape index (κ1) is 28.4. The Labute approximate surface area is 250 Å². The highest BCUT2D eigenvalue weighted by molar-refractivity contribution is 7.21. The maximum absolute atomic E-state index is 14.1. The Morgan fingerprint density at radius 2 is 1.93 bits per heavy atom. The summed E-state index contributed by atoms with van der Waals surface area (Å²) in [4.78, 5) is 44.5. The van der Waals surface area contributed by atoms with E-state index in [0.717, 1.165) is 12.8 Å². The lowest BCUT2D eigenvalue weighted by Gasteiger charge is -2.37. The molecule has 0 spiro atoms. The number of ketones is 1. The Morgan fingerprint density at radius 3 is 2.63 bits per heavy atom. The number of amides is 2. The summed E-state index contributed by atoms with van der Waals surface area (Å²) in [7, 11) is 0. The van der Waals surface area contributed by atoms with Gasteiger partial charge in [0.25, 0.3) is 5.91 Å². The van der Waals surface area contributed by atoms with E-state index in [9.17, 15) is 14.4 Å². The van der Waals surface area contributed by atoms with Crippen LogP contribution in [0.25, 0.3) is 10.1 Å². The molecule has 2 amide bonds. The second kappa shape index (κ2) is 10.8. The molecule has 1 saturated carbocycles. The number of hydrogen-bond donors (Lipinski definition) is 5. The molecule has 8 N–H and O–H groups in total. The van der Waals surface area contributed by atoms with Crippen molar-refractivity contribution in [3.63, 3.8) is 0 Å². The fraction of sp³-hybridized carbons (Fsp3) is 0.267. The second-order valence-corrected chi connectivity index (χ2v) is 11.8. The van der Waals surface area contributed by atoms with Crippen LogP contribution in [-0.2, 0) is 15.1 Å². The molecule has 2 unspecified atom stereocenters. The highest BCUT2D eigenvalue weighted by atomic mass is 32.1. The lowest BCUT2D eigenvalue weighted by atomic mass is 9.70. The van der Waals surface area contributed by atoms with Crippen molar-refractivity contribution in [3.05, 3.63) is 82.5 Å². The fourth-order valence-electron chi connectivity index (χ4n) is 6.06. The number of benzene rings is 1. The van der Waals surface area contributed by atoms with Gasteiger partial charge in [-0.3, -0.25) is 14.4 Å². The smallest absolute Gasteiger partial charge is 0.262 e. The van der Waals surface area contributed by atoms with E-state index in [1.807, 2.05) is 0 Å². The molecule has 43 heavy (non-hydrogen) atoms. The Bertz CT molecular complexity index is 1790. The Hall–Kier alpha value is -4.72. The molecule has 4 aromatic rings. The van der Waals surface area contributed by atoms with E-state index < -0.39 is 17.4 Å². The lowest BCUT2D eigenvalue weighted by molar-refractivity contribution is -0.124. The number of anilines is 1. The third kappa shape index (κ3) is 4.71. The predicted octanol–water partition coefficient (Wildman–Crippen LogP) is 2.51. The summed E-state index contributed by atoms with van der Waals surface area (Å²) >= 11 is 1.17. The van der Waals surface area contributed by atoms with Crippen molar-refractivity contribution in [2.45, 2.75) is 49.9 Å². The summed E-state index contributed by atoms with van der Waals surface area (Å²) in [6.45, 7) is 5.30. The van der Waals surface area contributed by atoms with Crippen LogP contribution >= 0.6 is 11.3 Å². The zero-order chi connectivity index (χ0) is 30.5. The van der Waals surface area contributed by atoms with Crippen molar-refractivity contribution in [2.24, 2.45) is 11.5 Å². The third-order valence-electron chi connectivity index (χ3n) is 8.13. The van der Waals surface area contributed by atoms with Crippen LogP contribution in [-0.4, -0.2) is 44.9 Å². The molecule has 1 aromatic carbocycles. The van der Waals surface area contributed by atoms with E-state index in [-0.39, 0.29) is 35.7 Å². The van der Waals surface area contributed by atoms with Gasteiger partial charge < -0.3 is 32.6 Å². The number of ether oxygens (including phenoxy) is 1. The molecular formula is C30H30N8O4S. The molecular weight excluding hydrogens is 568 g/mol. The van der Waals surface area contributed by atoms with E-state index in [1.165, 1.54) is 29.8 Å². The predicted molar refractivity (Wildman–Crippen MR) is 161 cm³/mol. The zero-order valence-corrected chi connectivity index (χ0v) is 24.1. The maximum Gasteiger partial charge on any atom is 0.262 e. The summed E-state index contributed by atoms with van der Waals surface area (Å²) in [6, 6.07) is 6.66. The van der Waals surface area contributed by atoms with E-state index in [4.69, 9.17) is 21.9 Å². The number of rotatable bonds is 7. The molecule has 12 nitrogen and oxygen atoms in total. The number of nitrogens with zero attached hydrogens (tertiary/aromatic N) is 3. The van der Waals surface area contributed by atoms with Gasteiger partial charge in [0.05, 0.1) is 15.6 Å². The minimum Gasteiger partial charge on any atom is -0.419 e. The number of nitrogens with two attached hydrogens (primary N) is 3. The van der Waals surface area contributed by atoms with Crippen LogP contribution in [0.3, 0.4) is 0 Å². The van der Waals surface area contributed by atoms with Crippen molar-refractivity contribution in [1.29, 1.82) is 0 Å². The number of thiophene rings is 1. The number of carbonyl (C=O) groups is 3.